The summed E-state index contributed by atoms with van der Waals surface area (Å²) in [6.45, 7) is 9.50. The zero-order valence-electron chi connectivity index (χ0n) is 16.8. The fourth-order valence-corrected chi connectivity index (χ4v) is 4.77. The maximum Gasteiger partial charge on any atom is 0.321 e. The van der Waals surface area contributed by atoms with Crippen molar-refractivity contribution in [2.75, 3.05) is 0 Å². The minimum absolute atomic E-state index is 0.314. The zero-order chi connectivity index (χ0) is 20.5. The van der Waals surface area contributed by atoms with Gasteiger partial charge in [0.15, 0.2) is 0 Å². The van der Waals surface area contributed by atoms with Crippen LogP contribution in [0.5, 0.6) is 0 Å². The Bertz CT molecular complexity index is 869. The third-order valence-corrected chi connectivity index (χ3v) is 6.48. The van der Waals surface area contributed by atoms with Gasteiger partial charge in [-0.2, -0.15) is 0 Å². The predicted molar refractivity (Wildman–Crippen MR) is 111 cm³/mol. The lowest BCUT2D eigenvalue weighted by Crippen LogP contribution is -2.49. The summed E-state index contributed by atoms with van der Waals surface area (Å²) < 4.78 is 5.75. The van der Waals surface area contributed by atoms with E-state index in [1.165, 1.54) is 16.9 Å². The number of fused-ring (bicyclic) bond motifs is 1. The third kappa shape index (κ3) is 5.35. The van der Waals surface area contributed by atoms with Gasteiger partial charge in [-0.15, -0.1) is 21.5 Å². The molecule has 3 rings (SSSR count). The first-order chi connectivity index (χ1) is 13.1. The van der Waals surface area contributed by atoms with Gasteiger partial charge in [0.2, 0.25) is 5.91 Å². The molecule has 3 amide bonds. The highest BCUT2D eigenvalue weighted by atomic mass is 32.2. The highest BCUT2D eigenvalue weighted by Crippen LogP contribution is 2.37. The van der Waals surface area contributed by atoms with Crippen LogP contribution in [0.4, 0.5) is 4.79 Å². The molecule has 0 spiro atoms. The molecule has 0 bridgehead atoms. The number of carbonyl (C=O) groups excluding carboxylic acids is 2. The smallest absolute Gasteiger partial charge is 0.321 e. The van der Waals surface area contributed by atoms with E-state index in [4.69, 9.17) is 4.42 Å². The Morgan fingerprint density at radius 1 is 1.36 bits per heavy atom. The second kappa shape index (κ2) is 8.24. The van der Waals surface area contributed by atoms with Crippen LogP contribution in [0.1, 0.15) is 51.5 Å². The van der Waals surface area contributed by atoms with E-state index >= 15 is 0 Å². The van der Waals surface area contributed by atoms with E-state index < -0.39 is 22.7 Å². The molecule has 9 heteroatoms. The summed E-state index contributed by atoms with van der Waals surface area (Å²) in [6, 6.07) is 1.62. The van der Waals surface area contributed by atoms with Crippen LogP contribution in [0.2, 0.25) is 0 Å². The predicted octanol–water partition coefficient (Wildman–Crippen LogP) is 4.03. The molecule has 0 aliphatic heterocycles. The maximum absolute atomic E-state index is 12.2. The molecule has 2 N–H and O–H groups in total. The van der Waals surface area contributed by atoms with Crippen molar-refractivity contribution in [3.63, 3.8) is 0 Å². The molecule has 2 heterocycles. The summed E-state index contributed by atoms with van der Waals surface area (Å²) in [6.07, 6.45) is 3.41. The van der Waals surface area contributed by atoms with Crippen LogP contribution >= 0.6 is 23.1 Å². The molecule has 0 fully saturated rings. The van der Waals surface area contributed by atoms with Gasteiger partial charge in [0.25, 0.3) is 11.1 Å². The SMILES string of the molecule is C[C@@H]1CCc2sc(-c3nnc(S[C@H](C)C(=O)NC(=O)NC(C)(C)C)o3)cc2C1. The fourth-order valence-electron chi connectivity index (χ4n) is 2.96. The van der Waals surface area contributed by atoms with E-state index in [0.717, 1.165) is 29.5 Å². The molecule has 0 saturated carbocycles. The summed E-state index contributed by atoms with van der Waals surface area (Å²) >= 11 is 2.84. The van der Waals surface area contributed by atoms with Gasteiger partial charge in [0.1, 0.15) is 0 Å². The molecule has 0 unspecified atom stereocenters. The van der Waals surface area contributed by atoms with Gasteiger partial charge in [-0.05, 0) is 64.5 Å². The van der Waals surface area contributed by atoms with Crippen molar-refractivity contribution < 1.29 is 14.0 Å². The molecule has 2 aromatic rings. The Morgan fingerprint density at radius 2 is 2.11 bits per heavy atom. The zero-order valence-corrected chi connectivity index (χ0v) is 18.4. The highest BCUT2D eigenvalue weighted by molar-refractivity contribution is 8.00. The Kier molecular flexibility index (Phi) is 6.14. The van der Waals surface area contributed by atoms with Crippen LogP contribution < -0.4 is 10.6 Å². The summed E-state index contributed by atoms with van der Waals surface area (Å²) in [5.41, 5.74) is 0.962. The van der Waals surface area contributed by atoms with Gasteiger partial charge in [-0.1, -0.05) is 18.7 Å². The standard InChI is InChI=1S/C19H26N4O3S2/c1-10-6-7-13-12(8-10)9-14(28-13)16-22-23-18(26-16)27-11(2)15(24)20-17(25)21-19(3,4)5/h9-11H,6-8H2,1-5H3,(H2,20,21,24,25)/t10-,11-/m1/s1. The van der Waals surface area contributed by atoms with E-state index in [1.54, 1.807) is 18.3 Å². The number of rotatable bonds is 4. The number of thiophene rings is 1. The monoisotopic (exact) mass is 422 g/mol. The number of nitrogens with one attached hydrogen (secondary N) is 2. The fraction of sp³-hybridized carbons (Fsp3) is 0.579. The second-order valence-electron chi connectivity index (χ2n) is 8.23. The van der Waals surface area contributed by atoms with Crippen molar-refractivity contribution in [2.45, 2.75) is 69.9 Å². The number of hydrogen-bond acceptors (Lipinski definition) is 7. The number of carbonyl (C=O) groups is 2. The van der Waals surface area contributed by atoms with Crippen LogP contribution in [0.25, 0.3) is 10.8 Å². The first-order valence-corrected chi connectivity index (χ1v) is 11.1. The second-order valence-corrected chi connectivity index (χ2v) is 10.7. The van der Waals surface area contributed by atoms with E-state index in [0.29, 0.717) is 17.0 Å². The third-order valence-electron chi connectivity index (χ3n) is 4.32. The molecule has 2 atom stereocenters. The molecule has 28 heavy (non-hydrogen) atoms. The van der Waals surface area contributed by atoms with Gasteiger partial charge >= 0.3 is 6.03 Å². The molecule has 2 aromatic heterocycles. The molecular weight excluding hydrogens is 396 g/mol. The van der Waals surface area contributed by atoms with Crippen LogP contribution in [0.3, 0.4) is 0 Å². The van der Waals surface area contributed by atoms with Crippen molar-refractivity contribution in [3.05, 3.63) is 16.5 Å². The Labute approximate surface area is 173 Å². The Balaban J connectivity index is 1.60. The lowest BCUT2D eigenvalue weighted by molar-refractivity contribution is -0.119. The number of imide groups is 1. The summed E-state index contributed by atoms with van der Waals surface area (Å²) in [5, 5.41) is 13.0. The number of nitrogens with zero attached hydrogens (tertiary/aromatic N) is 2. The van der Waals surface area contributed by atoms with Gasteiger partial charge in [-0.3, -0.25) is 10.1 Å². The van der Waals surface area contributed by atoms with Crippen LogP contribution in [-0.2, 0) is 17.6 Å². The lowest BCUT2D eigenvalue weighted by Gasteiger charge is -2.20. The van der Waals surface area contributed by atoms with Crippen molar-refractivity contribution in [1.82, 2.24) is 20.8 Å². The molecule has 1 aliphatic carbocycles. The van der Waals surface area contributed by atoms with Gasteiger partial charge < -0.3 is 9.73 Å². The van der Waals surface area contributed by atoms with E-state index in [1.807, 2.05) is 20.8 Å². The largest absolute Gasteiger partial charge is 0.410 e. The number of aromatic nitrogens is 2. The van der Waals surface area contributed by atoms with Crippen molar-refractivity contribution in [1.29, 1.82) is 0 Å². The maximum atomic E-state index is 12.2. The average molecular weight is 423 g/mol. The summed E-state index contributed by atoms with van der Waals surface area (Å²) in [5.74, 6) is 0.776. The summed E-state index contributed by atoms with van der Waals surface area (Å²) in [7, 11) is 0. The van der Waals surface area contributed by atoms with Gasteiger partial charge in [0, 0.05) is 10.4 Å². The van der Waals surface area contributed by atoms with Crippen LogP contribution in [0, 0.1) is 5.92 Å². The van der Waals surface area contributed by atoms with Crippen molar-refractivity contribution in [2.24, 2.45) is 5.92 Å². The Morgan fingerprint density at radius 3 is 2.82 bits per heavy atom. The molecule has 0 aromatic carbocycles. The molecule has 0 radical (unpaired) electrons. The summed E-state index contributed by atoms with van der Waals surface area (Å²) in [4.78, 5) is 26.4. The Hall–Kier alpha value is -1.87. The minimum atomic E-state index is -0.545. The molecule has 7 nitrogen and oxygen atoms in total. The van der Waals surface area contributed by atoms with Crippen molar-refractivity contribution in [3.8, 4) is 10.8 Å². The van der Waals surface area contributed by atoms with E-state index in [9.17, 15) is 9.59 Å². The number of thioether (sulfide) groups is 1. The molecule has 0 saturated heterocycles. The molecule has 1 aliphatic rings. The minimum Gasteiger partial charge on any atom is -0.410 e. The first kappa shape index (κ1) is 20.9. The number of hydrogen-bond donors (Lipinski definition) is 2. The van der Waals surface area contributed by atoms with E-state index in [2.05, 4.69) is 33.8 Å². The topological polar surface area (TPSA) is 97.1 Å². The van der Waals surface area contributed by atoms with Crippen LogP contribution in [0.15, 0.2) is 15.7 Å². The van der Waals surface area contributed by atoms with Gasteiger partial charge in [-0.25, -0.2) is 4.79 Å². The highest BCUT2D eigenvalue weighted by Gasteiger charge is 2.24. The quantitative estimate of drug-likeness (QED) is 0.722. The van der Waals surface area contributed by atoms with Crippen LogP contribution in [-0.4, -0.2) is 32.9 Å². The number of aryl methyl sites for hydroxylation is 1. The first-order valence-electron chi connectivity index (χ1n) is 9.36. The molecular formula is C19H26N4O3S2. The number of amides is 3. The average Bonchev–Trinajstić information content (AvgIpc) is 3.18. The van der Waals surface area contributed by atoms with Crippen molar-refractivity contribution >= 4 is 35.0 Å². The van der Waals surface area contributed by atoms with Gasteiger partial charge in [0.05, 0.1) is 10.1 Å². The van der Waals surface area contributed by atoms with E-state index in [-0.39, 0.29) is 0 Å². The number of urea groups is 1. The lowest BCUT2D eigenvalue weighted by atomic mass is 9.90. The molecule has 152 valence electrons. The normalized spacial score (nSPS) is 17.7.